The van der Waals surface area contributed by atoms with Crippen molar-refractivity contribution in [2.75, 3.05) is 25.0 Å². The second-order valence-corrected chi connectivity index (χ2v) is 11.4. The van der Waals surface area contributed by atoms with Gasteiger partial charge in [0.1, 0.15) is 0 Å². The number of ether oxygens (including phenoxy) is 2. The lowest BCUT2D eigenvalue weighted by atomic mass is 9.84. The fourth-order valence-corrected chi connectivity index (χ4v) is 5.79. The third kappa shape index (κ3) is 6.57. The second-order valence-electron chi connectivity index (χ2n) is 11.0. The highest BCUT2D eigenvalue weighted by Crippen LogP contribution is 2.42. The van der Waals surface area contributed by atoms with Crippen molar-refractivity contribution in [1.82, 2.24) is 4.90 Å². The number of carbonyl (C=O) groups is 1. The molecular formula is C32H37ClN2O5. The molecule has 2 fully saturated rings. The number of carbonyl (C=O) groups excluding carboxylic acids is 1. The molecule has 0 saturated carbocycles. The van der Waals surface area contributed by atoms with Crippen LogP contribution in [0.3, 0.4) is 0 Å². The molecule has 5 rings (SSSR count). The van der Waals surface area contributed by atoms with Crippen LogP contribution in [0, 0.1) is 5.92 Å². The third-order valence-electron chi connectivity index (χ3n) is 8.13. The number of nitrogens with zero attached hydrogens (tertiary/aromatic N) is 1. The van der Waals surface area contributed by atoms with Crippen LogP contribution in [0.1, 0.15) is 61.3 Å². The maximum atomic E-state index is 11.4. The third-order valence-corrected chi connectivity index (χ3v) is 8.38. The van der Waals surface area contributed by atoms with Gasteiger partial charge in [-0.1, -0.05) is 67.1 Å². The SMILES string of the molecule is CC(=O)Nc1ccc([C@@H]2O[C@H](CN3CCC(O)(c4ccc(Cl)cc4)CC3)[C@H](C)[C@H](c3ccc(CO)cc3)O2)cc1. The van der Waals surface area contributed by atoms with E-state index in [1.165, 1.54) is 6.92 Å². The van der Waals surface area contributed by atoms with E-state index in [1.54, 1.807) is 0 Å². The van der Waals surface area contributed by atoms with Gasteiger partial charge in [-0.25, -0.2) is 0 Å². The average Bonchev–Trinajstić information content (AvgIpc) is 2.96. The molecule has 3 aromatic rings. The van der Waals surface area contributed by atoms with E-state index in [-0.39, 0.29) is 30.6 Å². The maximum Gasteiger partial charge on any atom is 0.221 e. The minimum Gasteiger partial charge on any atom is -0.392 e. The minimum atomic E-state index is -0.863. The lowest BCUT2D eigenvalue weighted by Crippen LogP contribution is -2.49. The maximum absolute atomic E-state index is 11.4. The fourth-order valence-electron chi connectivity index (χ4n) is 5.66. The molecule has 0 aromatic heterocycles. The Labute approximate surface area is 240 Å². The van der Waals surface area contributed by atoms with Gasteiger partial charge in [0, 0.05) is 48.7 Å². The van der Waals surface area contributed by atoms with Crippen LogP contribution >= 0.6 is 11.6 Å². The summed E-state index contributed by atoms with van der Waals surface area (Å²) in [5.41, 5.74) is 3.52. The number of likely N-dealkylation sites (tertiary alicyclic amines) is 1. The monoisotopic (exact) mass is 564 g/mol. The van der Waals surface area contributed by atoms with E-state index < -0.39 is 11.9 Å². The van der Waals surface area contributed by atoms with E-state index in [0.717, 1.165) is 41.0 Å². The van der Waals surface area contributed by atoms with Crippen molar-refractivity contribution in [2.45, 2.75) is 57.4 Å². The second kappa shape index (κ2) is 12.4. The van der Waals surface area contributed by atoms with Gasteiger partial charge in [0.15, 0.2) is 6.29 Å². The van der Waals surface area contributed by atoms with Crippen molar-refractivity contribution >= 4 is 23.2 Å². The van der Waals surface area contributed by atoms with E-state index in [9.17, 15) is 15.0 Å². The number of benzene rings is 3. The number of nitrogens with one attached hydrogen (secondary N) is 1. The molecular weight excluding hydrogens is 528 g/mol. The highest BCUT2D eigenvalue weighted by Gasteiger charge is 2.41. The highest BCUT2D eigenvalue weighted by molar-refractivity contribution is 6.30. The van der Waals surface area contributed by atoms with Crippen molar-refractivity contribution < 1.29 is 24.5 Å². The summed E-state index contributed by atoms with van der Waals surface area (Å²) >= 11 is 6.05. The largest absolute Gasteiger partial charge is 0.392 e. The zero-order valence-electron chi connectivity index (χ0n) is 22.9. The van der Waals surface area contributed by atoms with Crippen molar-refractivity contribution in [2.24, 2.45) is 5.92 Å². The van der Waals surface area contributed by atoms with Crippen molar-refractivity contribution in [3.05, 3.63) is 100 Å². The molecule has 2 aliphatic rings. The van der Waals surface area contributed by atoms with Crippen LogP contribution in [-0.4, -0.2) is 46.8 Å². The molecule has 3 N–H and O–H groups in total. The molecule has 0 spiro atoms. The number of aliphatic hydroxyl groups excluding tert-OH is 1. The first-order valence-electron chi connectivity index (χ1n) is 13.8. The normalized spacial score (nSPS) is 24.9. The molecule has 1 amide bonds. The molecule has 0 radical (unpaired) electrons. The van der Waals surface area contributed by atoms with E-state index >= 15 is 0 Å². The number of amides is 1. The van der Waals surface area contributed by atoms with Crippen LogP contribution < -0.4 is 5.32 Å². The summed E-state index contributed by atoms with van der Waals surface area (Å²) in [6.07, 6.45) is 0.366. The molecule has 212 valence electrons. The van der Waals surface area contributed by atoms with Gasteiger partial charge in [-0.3, -0.25) is 4.79 Å². The molecule has 0 unspecified atom stereocenters. The molecule has 0 aliphatic carbocycles. The van der Waals surface area contributed by atoms with Gasteiger partial charge < -0.3 is 29.9 Å². The van der Waals surface area contributed by atoms with Gasteiger partial charge >= 0.3 is 0 Å². The minimum absolute atomic E-state index is 0.00626. The zero-order valence-corrected chi connectivity index (χ0v) is 23.7. The van der Waals surface area contributed by atoms with Gasteiger partial charge in [-0.15, -0.1) is 0 Å². The smallest absolute Gasteiger partial charge is 0.221 e. The Balaban J connectivity index is 1.32. The van der Waals surface area contributed by atoms with Crippen LogP contribution in [0.15, 0.2) is 72.8 Å². The summed E-state index contributed by atoms with van der Waals surface area (Å²) in [5, 5.41) is 24.3. The number of hydrogen-bond donors (Lipinski definition) is 3. The summed E-state index contributed by atoms with van der Waals surface area (Å²) in [5.74, 6) is -0.0605. The Kier molecular flexibility index (Phi) is 8.90. The molecule has 2 heterocycles. The summed E-state index contributed by atoms with van der Waals surface area (Å²) in [4.78, 5) is 13.8. The fraction of sp³-hybridized carbons (Fsp3) is 0.406. The van der Waals surface area contributed by atoms with Gasteiger partial charge in [0.25, 0.3) is 0 Å². The number of rotatable bonds is 7. The Morgan fingerprint density at radius 1 is 0.975 bits per heavy atom. The Morgan fingerprint density at radius 2 is 1.60 bits per heavy atom. The van der Waals surface area contributed by atoms with Gasteiger partial charge in [-0.05, 0) is 53.8 Å². The average molecular weight is 565 g/mol. The summed E-state index contributed by atoms with van der Waals surface area (Å²) in [6, 6.07) is 22.9. The molecule has 40 heavy (non-hydrogen) atoms. The lowest BCUT2D eigenvalue weighted by molar-refractivity contribution is -0.277. The summed E-state index contributed by atoms with van der Waals surface area (Å²) in [6.45, 7) is 5.84. The van der Waals surface area contributed by atoms with Gasteiger partial charge in [-0.2, -0.15) is 0 Å². The molecule has 2 saturated heterocycles. The summed E-state index contributed by atoms with van der Waals surface area (Å²) < 4.78 is 13.1. The molecule has 4 atom stereocenters. The van der Waals surface area contributed by atoms with E-state index in [0.29, 0.717) is 24.4 Å². The first-order valence-corrected chi connectivity index (χ1v) is 14.2. The van der Waals surface area contributed by atoms with Crippen molar-refractivity contribution in [3.63, 3.8) is 0 Å². The van der Waals surface area contributed by atoms with E-state index in [2.05, 4.69) is 17.1 Å². The number of halogens is 1. The molecule has 2 aliphatic heterocycles. The van der Waals surface area contributed by atoms with E-state index in [1.807, 2.05) is 72.8 Å². The predicted octanol–water partition coefficient (Wildman–Crippen LogP) is 5.57. The van der Waals surface area contributed by atoms with Crippen LogP contribution in [0.4, 0.5) is 5.69 Å². The standard InChI is InChI=1S/C32H37ClN2O5/c1-21-29(19-35-17-15-32(38,16-18-35)26-9-11-27(33)12-10-26)39-31(25-7-13-28(14-8-25)34-22(2)37)40-30(21)24-5-3-23(20-36)4-6-24/h3-14,21,29-31,36,38H,15-20H2,1-2H3,(H,34,37)/t21-,29+,30+,31+/m0/s1. The quantitative estimate of drug-likeness (QED) is 0.348. The topological polar surface area (TPSA) is 91.3 Å². The lowest BCUT2D eigenvalue weighted by Gasteiger charge is -2.45. The van der Waals surface area contributed by atoms with Gasteiger partial charge in [0.2, 0.25) is 5.91 Å². The predicted molar refractivity (Wildman–Crippen MR) is 155 cm³/mol. The number of aliphatic hydroxyl groups is 2. The van der Waals surface area contributed by atoms with Crippen LogP contribution in [0.25, 0.3) is 0 Å². The Morgan fingerprint density at radius 3 is 2.20 bits per heavy atom. The molecule has 7 nitrogen and oxygen atoms in total. The molecule has 8 heteroatoms. The Hall–Kier alpha value is -2.78. The molecule has 3 aromatic carbocycles. The summed E-state index contributed by atoms with van der Waals surface area (Å²) in [7, 11) is 0. The first kappa shape index (κ1) is 28.7. The zero-order chi connectivity index (χ0) is 28.3. The first-order chi connectivity index (χ1) is 19.2. The number of piperidine rings is 1. The van der Waals surface area contributed by atoms with Crippen LogP contribution in [-0.2, 0) is 26.5 Å². The number of anilines is 1. The van der Waals surface area contributed by atoms with E-state index in [4.69, 9.17) is 21.1 Å². The highest BCUT2D eigenvalue weighted by atomic mass is 35.5. The van der Waals surface area contributed by atoms with Crippen molar-refractivity contribution in [3.8, 4) is 0 Å². The van der Waals surface area contributed by atoms with Crippen molar-refractivity contribution in [1.29, 1.82) is 0 Å². The van der Waals surface area contributed by atoms with Crippen LogP contribution in [0.2, 0.25) is 5.02 Å². The van der Waals surface area contributed by atoms with Crippen LogP contribution in [0.5, 0.6) is 0 Å². The Bertz CT molecular complexity index is 1270. The molecule has 0 bridgehead atoms. The number of hydrogen-bond acceptors (Lipinski definition) is 6. The van der Waals surface area contributed by atoms with Gasteiger partial charge in [0.05, 0.1) is 24.4 Å².